The van der Waals surface area contributed by atoms with Crippen molar-refractivity contribution in [2.45, 2.75) is 13.3 Å². The number of H-pyrrole nitrogens is 2. The Morgan fingerprint density at radius 1 is 0.771 bits per heavy atom. The second-order valence-electron chi connectivity index (χ2n) is 11.9. The standard InChI is InChI=1S/C36H46N8O4/c1-3-37-13-20-46-22-23-47-21-14-38-34(45)12-19-48-29-8-4-26(5-9-29)35-39-30-10-6-27(24-32(30)41-35)36-40-31-11-7-28(25-33(31)42-36)44-17-15-43(2)16-18-44/h4-11,24-25,37H,3,12-23H2,1-2H3,(H,38,45)(H,39,41)(H,40,42). The van der Waals surface area contributed by atoms with Crippen LogP contribution in [0.4, 0.5) is 5.69 Å². The molecule has 0 saturated carbocycles. The smallest absolute Gasteiger partial charge is 0.223 e. The minimum absolute atomic E-state index is 0.0724. The topological polar surface area (TPSA) is 133 Å². The maximum atomic E-state index is 12.1. The van der Waals surface area contributed by atoms with Crippen LogP contribution in [0.15, 0.2) is 60.7 Å². The first-order valence-electron chi connectivity index (χ1n) is 16.9. The minimum Gasteiger partial charge on any atom is -0.493 e. The van der Waals surface area contributed by atoms with E-state index in [0.29, 0.717) is 38.7 Å². The molecular formula is C36H46N8O4. The molecule has 1 fully saturated rings. The van der Waals surface area contributed by atoms with Crippen LogP contribution in [0.1, 0.15) is 13.3 Å². The second kappa shape index (κ2) is 16.6. The van der Waals surface area contributed by atoms with Gasteiger partial charge < -0.3 is 44.6 Å². The van der Waals surface area contributed by atoms with E-state index < -0.39 is 0 Å². The molecule has 1 aliphatic heterocycles. The Kier molecular flexibility index (Phi) is 11.5. The number of ether oxygens (including phenoxy) is 3. The highest BCUT2D eigenvalue weighted by Gasteiger charge is 2.16. The summed E-state index contributed by atoms with van der Waals surface area (Å²) in [5, 5.41) is 6.05. The number of amides is 1. The van der Waals surface area contributed by atoms with E-state index in [0.717, 1.165) is 84.1 Å². The number of likely N-dealkylation sites (N-methyl/N-ethyl adjacent to an activating group) is 2. The molecule has 0 bridgehead atoms. The molecule has 0 atom stereocenters. The lowest BCUT2D eigenvalue weighted by molar-refractivity contribution is -0.121. The maximum absolute atomic E-state index is 12.1. The first-order chi connectivity index (χ1) is 23.6. The van der Waals surface area contributed by atoms with E-state index in [9.17, 15) is 4.79 Å². The van der Waals surface area contributed by atoms with Gasteiger partial charge in [0.1, 0.15) is 17.4 Å². The molecule has 12 heteroatoms. The fourth-order valence-electron chi connectivity index (χ4n) is 5.65. The van der Waals surface area contributed by atoms with Gasteiger partial charge in [-0.25, -0.2) is 9.97 Å². The molecule has 4 N–H and O–H groups in total. The fourth-order valence-corrected chi connectivity index (χ4v) is 5.65. The summed E-state index contributed by atoms with van der Waals surface area (Å²) in [4.78, 5) is 33.6. The Morgan fingerprint density at radius 3 is 2.15 bits per heavy atom. The number of carbonyl (C=O) groups excluding carboxylic acids is 1. The molecular weight excluding hydrogens is 608 g/mol. The molecule has 48 heavy (non-hydrogen) atoms. The van der Waals surface area contributed by atoms with Crippen LogP contribution in [-0.2, 0) is 14.3 Å². The van der Waals surface area contributed by atoms with E-state index >= 15 is 0 Å². The van der Waals surface area contributed by atoms with Crippen LogP contribution in [0.2, 0.25) is 0 Å². The van der Waals surface area contributed by atoms with Gasteiger partial charge in [0.25, 0.3) is 0 Å². The molecule has 0 aliphatic carbocycles. The van der Waals surface area contributed by atoms with Crippen molar-refractivity contribution in [2.75, 3.05) is 90.8 Å². The maximum Gasteiger partial charge on any atom is 0.223 e. The zero-order valence-corrected chi connectivity index (χ0v) is 27.9. The van der Waals surface area contributed by atoms with Gasteiger partial charge in [0.2, 0.25) is 5.91 Å². The largest absolute Gasteiger partial charge is 0.493 e. The van der Waals surface area contributed by atoms with E-state index in [2.05, 4.69) is 74.7 Å². The predicted octanol–water partition coefficient (Wildman–Crippen LogP) is 4.05. The van der Waals surface area contributed by atoms with Gasteiger partial charge in [0.05, 0.1) is 61.5 Å². The van der Waals surface area contributed by atoms with Crippen LogP contribution in [0.5, 0.6) is 5.75 Å². The van der Waals surface area contributed by atoms with Gasteiger partial charge >= 0.3 is 0 Å². The minimum atomic E-state index is -0.0724. The van der Waals surface area contributed by atoms with Crippen LogP contribution in [0, 0.1) is 0 Å². The van der Waals surface area contributed by atoms with Crippen LogP contribution >= 0.6 is 0 Å². The molecule has 0 unspecified atom stereocenters. The van der Waals surface area contributed by atoms with Gasteiger partial charge in [-0.3, -0.25) is 4.79 Å². The van der Waals surface area contributed by atoms with Crippen molar-refractivity contribution in [3.8, 4) is 28.5 Å². The molecule has 6 rings (SSSR count). The highest BCUT2D eigenvalue weighted by molar-refractivity contribution is 5.87. The number of carbonyl (C=O) groups is 1. The molecule has 2 aromatic heterocycles. The molecule has 3 heterocycles. The zero-order chi connectivity index (χ0) is 33.1. The highest BCUT2D eigenvalue weighted by Crippen LogP contribution is 2.29. The number of piperazine rings is 1. The van der Waals surface area contributed by atoms with Crippen molar-refractivity contribution in [1.29, 1.82) is 0 Å². The lowest BCUT2D eigenvalue weighted by Crippen LogP contribution is -2.44. The second-order valence-corrected chi connectivity index (χ2v) is 11.9. The lowest BCUT2D eigenvalue weighted by Gasteiger charge is -2.34. The first-order valence-corrected chi connectivity index (χ1v) is 16.9. The number of nitrogens with zero attached hydrogens (tertiary/aromatic N) is 4. The quantitative estimate of drug-likeness (QED) is 0.110. The normalized spacial score (nSPS) is 13.8. The Hall–Kier alpha value is -4.49. The molecule has 12 nitrogen and oxygen atoms in total. The molecule has 1 saturated heterocycles. The van der Waals surface area contributed by atoms with Crippen molar-refractivity contribution in [1.82, 2.24) is 35.5 Å². The van der Waals surface area contributed by atoms with Gasteiger partial charge in [-0.2, -0.15) is 0 Å². The van der Waals surface area contributed by atoms with E-state index in [1.165, 1.54) is 5.69 Å². The summed E-state index contributed by atoms with van der Waals surface area (Å²) < 4.78 is 16.7. The number of imidazole rings is 2. The van der Waals surface area contributed by atoms with Crippen molar-refractivity contribution >= 4 is 33.7 Å². The Morgan fingerprint density at radius 2 is 1.42 bits per heavy atom. The summed E-state index contributed by atoms with van der Waals surface area (Å²) in [5.41, 5.74) is 6.98. The van der Waals surface area contributed by atoms with Gasteiger partial charge in [0.15, 0.2) is 0 Å². The summed E-state index contributed by atoms with van der Waals surface area (Å²) in [6, 6.07) is 20.3. The number of hydrogen-bond acceptors (Lipinski definition) is 9. The van der Waals surface area contributed by atoms with E-state index in [1.54, 1.807) is 0 Å². The molecule has 1 amide bonds. The lowest BCUT2D eigenvalue weighted by atomic mass is 10.2. The zero-order valence-electron chi connectivity index (χ0n) is 27.9. The van der Waals surface area contributed by atoms with Crippen LogP contribution < -0.4 is 20.3 Å². The monoisotopic (exact) mass is 654 g/mol. The fraction of sp³-hybridized carbons (Fsp3) is 0.417. The Balaban J connectivity index is 0.965. The average molecular weight is 655 g/mol. The summed E-state index contributed by atoms with van der Waals surface area (Å²) >= 11 is 0. The van der Waals surface area contributed by atoms with Crippen molar-refractivity contribution in [2.24, 2.45) is 0 Å². The van der Waals surface area contributed by atoms with Gasteiger partial charge in [-0.15, -0.1) is 0 Å². The third kappa shape index (κ3) is 8.90. The summed E-state index contributed by atoms with van der Waals surface area (Å²) in [7, 11) is 2.17. The number of benzene rings is 3. The Bertz CT molecular complexity index is 1760. The molecule has 0 radical (unpaired) electrons. The molecule has 254 valence electrons. The van der Waals surface area contributed by atoms with E-state index in [1.807, 2.05) is 30.3 Å². The third-order valence-corrected chi connectivity index (χ3v) is 8.43. The number of aromatic amines is 2. The van der Waals surface area contributed by atoms with Crippen LogP contribution in [0.25, 0.3) is 44.8 Å². The number of anilines is 1. The number of hydrogen-bond donors (Lipinski definition) is 4. The van der Waals surface area contributed by atoms with Crippen LogP contribution in [0.3, 0.4) is 0 Å². The van der Waals surface area contributed by atoms with Gasteiger partial charge in [-0.1, -0.05) is 6.92 Å². The first kappa shape index (κ1) is 33.4. The predicted molar refractivity (Wildman–Crippen MR) is 190 cm³/mol. The average Bonchev–Trinajstić information content (AvgIpc) is 3.74. The SMILES string of the molecule is CCNCCOCCOCCNC(=O)CCOc1ccc(-c2nc3ccc(-c4nc5ccc(N6CCN(C)CC6)cc5[nH]4)cc3[nH]2)cc1. The highest BCUT2D eigenvalue weighted by atomic mass is 16.5. The summed E-state index contributed by atoms with van der Waals surface area (Å²) in [5.74, 6) is 2.23. The number of nitrogens with one attached hydrogen (secondary N) is 4. The van der Waals surface area contributed by atoms with Crippen molar-refractivity contribution in [3.05, 3.63) is 60.7 Å². The summed E-state index contributed by atoms with van der Waals surface area (Å²) in [6.45, 7) is 11.0. The number of rotatable bonds is 17. The van der Waals surface area contributed by atoms with Crippen molar-refractivity contribution < 1.29 is 19.0 Å². The molecule has 3 aromatic carbocycles. The van der Waals surface area contributed by atoms with E-state index in [4.69, 9.17) is 24.2 Å². The molecule has 0 spiro atoms. The third-order valence-electron chi connectivity index (χ3n) is 8.43. The molecule has 1 aliphatic rings. The number of aromatic nitrogens is 4. The number of fused-ring (bicyclic) bond motifs is 2. The van der Waals surface area contributed by atoms with Crippen LogP contribution in [-0.4, -0.2) is 117 Å². The summed E-state index contributed by atoms with van der Waals surface area (Å²) in [6.07, 6.45) is 0.268. The van der Waals surface area contributed by atoms with E-state index in [-0.39, 0.29) is 18.9 Å². The van der Waals surface area contributed by atoms with Crippen molar-refractivity contribution in [3.63, 3.8) is 0 Å². The van der Waals surface area contributed by atoms with Gasteiger partial charge in [0, 0.05) is 56.1 Å². The molecule has 5 aromatic rings. The van der Waals surface area contributed by atoms with Gasteiger partial charge in [-0.05, 0) is 74.3 Å². The Labute approximate surface area is 281 Å².